The topological polar surface area (TPSA) is 131 Å². The van der Waals surface area contributed by atoms with E-state index in [0.29, 0.717) is 12.8 Å². The maximum Gasteiger partial charge on any atom is 0.233 e. The first-order chi connectivity index (χ1) is 18.9. The van der Waals surface area contributed by atoms with Gasteiger partial charge in [0.25, 0.3) is 0 Å². The number of carbonyl (C=O) groups excluding carboxylic acids is 1. The van der Waals surface area contributed by atoms with Crippen molar-refractivity contribution >= 4 is 11.6 Å². The van der Waals surface area contributed by atoms with E-state index in [1.165, 1.54) is 0 Å². The van der Waals surface area contributed by atoms with Crippen LogP contribution in [0.1, 0.15) is 41.7 Å². The van der Waals surface area contributed by atoms with E-state index in [9.17, 15) is 30.3 Å². The van der Waals surface area contributed by atoms with Crippen LogP contribution in [-0.2, 0) is 16.0 Å². The van der Waals surface area contributed by atoms with Crippen LogP contribution in [0, 0.1) is 5.92 Å². The smallest absolute Gasteiger partial charge is 0.233 e. The van der Waals surface area contributed by atoms with E-state index in [4.69, 9.17) is 4.74 Å². The van der Waals surface area contributed by atoms with Crippen LogP contribution in [0.4, 0.5) is 5.69 Å². The summed E-state index contributed by atoms with van der Waals surface area (Å²) in [7, 11) is 0. The summed E-state index contributed by atoms with van der Waals surface area (Å²) in [5.74, 6) is -0.253. The van der Waals surface area contributed by atoms with E-state index in [1.807, 2.05) is 84.9 Å². The Morgan fingerprint density at radius 2 is 1.41 bits per heavy atom. The molecule has 2 saturated heterocycles. The first kappa shape index (κ1) is 27.5. The van der Waals surface area contributed by atoms with Crippen molar-refractivity contribution in [3.8, 4) is 0 Å². The largest absolute Gasteiger partial charge is 0.394 e. The number of benzene rings is 3. The molecule has 2 aliphatic rings. The van der Waals surface area contributed by atoms with E-state index < -0.39 is 43.2 Å². The number of anilines is 1. The van der Waals surface area contributed by atoms with Crippen molar-refractivity contribution in [1.82, 2.24) is 0 Å². The molecule has 1 unspecified atom stereocenters. The minimum Gasteiger partial charge on any atom is -0.394 e. The van der Waals surface area contributed by atoms with Gasteiger partial charge in [-0.2, -0.15) is 0 Å². The molecule has 8 nitrogen and oxygen atoms in total. The summed E-state index contributed by atoms with van der Waals surface area (Å²) < 4.78 is 5.65. The number of ether oxygens (including phenoxy) is 1. The Hall–Kier alpha value is -3.11. The first-order valence-corrected chi connectivity index (χ1v) is 13.4. The Morgan fingerprint density at radius 3 is 2.05 bits per heavy atom. The molecule has 0 radical (unpaired) electrons. The van der Waals surface area contributed by atoms with Gasteiger partial charge in [0.05, 0.1) is 30.8 Å². The minimum atomic E-state index is -1.41. The van der Waals surface area contributed by atoms with E-state index in [-0.39, 0.29) is 24.3 Å². The van der Waals surface area contributed by atoms with Crippen LogP contribution in [0.2, 0.25) is 0 Å². The second-order valence-electron chi connectivity index (χ2n) is 10.4. The predicted octanol–water partition coefficient (Wildman–Crippen LogP) is 2.29. The molecule has 39 heavy (non-hydrogen) atoms. The third kappa shape index (κ3) is 5.63. The van der Waals surface area contributed by atoms with E-state index in [2.05, 4.69) is 0 Å². The van der Waals surface area contributed by atoms with Gasteiger partial charge in [-0.05, 0) is 41.7 Å². The Kier molecular flexibility index (Phi) is 8.42. The fourth-order valence-corrected chi connectivity index (χ4v) is 5.70. The Bertz CT molecular complexity index is 1220. The molecule has 0 aromatic heterocycles. The molecule has 8 atom stereocenters. The number of hydrogen-bond donors (Lipinski definition) is 5. The molecule has 0 saturated carbocycles. The summed E-state index contributed by atoms with van der Waals surface area (Å²) in [6, 6.07) is 26.5. The lowest BCUT2D eigenvalue weighted by atomic mass is 9.78. The molecule has 0 bridgehead atoms. The lowest BCUT2D eigenvalue weighted by Crippen LogP contribution is -2.59. The lowest BCUT2D eigenvalue weighted by molar-refractivity contribution is -0.228. The highest BCUT2D eigenvalue weighted by Gasteiger charge is 2.48. The third-order valence-electron chi connectivity index (χ3n) is 7.93. The van der Waals surface area contributed by atoms with E-state index in [0.717, 1.165) is 22.4 Å². The van der Waals surface area contributed by atoms with E-state index in [1.54, 1.807) is 4.90 Å². The summed E-state index contributed by atoms with van der Waals surface area (Å²) >= 11 is 0. The average molecular weight is 534 g/mol. The van der Waals surface area contributed by atoms with Crippen molar-refractivity contribution in [1.29, 1.82) is 0 Å². The molecule has 0 aliphatic carbocycles. The predicted molar refractivity (Wildman–Crippen MR) is 145 cm³/mol. The molecule has 2 fully saturated rings. The minimum absolute atomic E-state index is 0.0249. The van der Waals surface area contributed by atoms with Crippen molar-refractivity contribution in [2.45, 2.75) is 61.9 Å². The van der Waals surface area contributed by atoms with Gasteiger partial charge in [-0.15, -0.1) is 0 Å². The van der Waals surface area contributed by atoms with Crippen LogP contribution < -0.4 is 4.90 Å². The second-order valence-corrected chi connectivity index (χ2v) is 10.4. The molecule has 3 aromatic rings. The molecule has 2 heterocycles. The van der Waals surface area contributed by atoms with Crippen molar-refractivity contribution in [2.75, 3.05) is 11.5 Å². The summed E-state index contributed by atoms with van der Waals surface area (Å²) in [5.41, 5.74) is 3.45. The zero-order chi connectivity index (χ0) is 27.5. The van der Waals surface area contributed by atoms with Gasteiger partial charge < -0.3 is 35.2 Å². The molecule has 1 amide bonds. The number of para-hydroxylation sites is 1. The zero-order valence-electron chi connectivity index (χ0n) is 21.5. The number of β-lactam (4-membered cyclic amide) rings is 1. The highest BCUT2D eigenvalue weighted by atomic mass is 16.5. The second kappa shape index (κ2) is 12.0. The monoisotopic (exact) mass is 533 g/mol. The van der Waals surface area contributed by atoms with Crippen LogP contribution in [0.15, 0.2) is 84.9 Å². The Labute approximate surface area is 227 Å². The van der Waals surface area contributed by atoms with Gasteiger partial charge in [-0.1, -0.05) is 72.8 Å². The van der Waals surface area contributed by atoms with Gasteiger partial charge in [0.2, 0.25) is 5.91 Å². The molecule has 5 rings (SSSR count). The van der Waals surface area contributed by atoms with Crippen molar-refractivity contribution < 1.29 is 35.1 Å². The highest BCUT2D eigenvalue weighted by molar-refractivity contribution is 6.03. The van der Waals surface area contributed by atoms with Crippen molar-refractivity contribution in [2.24, 2.45) is 5.92 Å². The number of carbonyl (C=O) groups is 1. The number of rotatable bonds is 9. The molecule has 3 aromatic carbocycles. The van der Waals surface area contributed by atoms with Crippen molar-refractivity contribution in [3.63, 3.8) is 0 Å². The molecular weight excluding hydrogens is 498 g/mol. The molecule has 5 N–H and O–H groups in total. The van der Waals surface area contributed by atoms with Gasteiger partial charge in [0, 0.05) is 12.1 Å². The average Bonchev–Trinajstić information content (AvgIpc) is 2.97. The number of aliphatic hydroxyl groups is 5. The Balaban J connectivity index is 1.32. The number of aliphatic hydroxyl groups excluding tert-OH is 5. The Morgan fingerprint density at radius 1 is 0.795 bits per heavy atom. The van der Waals surface area contributed by atoms with Crippen LogP contribution in [0.25, 0.3) is 0 Å². The summed E-state index contributed by atoms with van der Waals surface area (Å²) in [5, 5.41) is 50.7. The molecular formula is C31H35NO7. The number of hydrogen-bond acceptors (Lipinski definition) is 7. The summed E-state index contributed by atoms with van der Waals surface area (Å²) in [6.45, 7) is -0.466. The first-order valence-electron chi connectivity index (χ1n) is 13.4. The number of nitrogens with zero attached hydrogens (tertiary/aromatic N) is 1. The van der Waals surface area contributed by atoms with Crippen LogP contribution >= 0.6 is 0 Å². The van der Waals surface area contributed by atoms with Crippen molar-refractivity contribution in [3.05, 3.63) is 102 Å². The quantitative estimate of drug-likeness (QED) is 0.267. The maximum absolute atomic E-state index is 13.3. The normalized spacial score (nSPS) is 29.6. The molecule has 8 heteroatoms. The lowest BCUT2D eigenvalue weighted by Gasteiger charge is -2.48. The standard InChI is InChI=1S/C31H35NO7/c33-18-26-29(36)30(37)28(35)25(39-26)17-19-11-13-21(14-12-19)27-23(15-16-24(34)20-7-3-1-4-8-20)31(38)32(27)22-9-5-2-6-10-22/h1-14,23-30,33-37H,15-18H2/t23-,24+,25?,26-,27-,28+,29-,30-/m1/s1. The SMILES string of the molecule is O=C1[C@H](CC[C@H](O)c2ccccc2)[C@@H](c2ccc(CC3O[C@H](CO)[C@@H](O)[C@H](O)[C@H]3O)cc2)N1c1ccccc1. The van der Waals surface area contributed by atoms with Gasteiger partial charge in [-0.3, -0.25) is 4.79 Å². The number of amides is 1. The van der Waals surface area contributed by atoms with E-state index >= 15 is 0 Å². The highest BCUT2D eigenvalue weighted by Crippen LogP contribution is 2.46. The maximum atomic E-state index is 13.3. The van der Waals surface area contributed by atoms with Crippen LogP contribution in [0.5, 0.6) is 0 Å². The molecule has 206 valence electrons. The summed E-state index contributed by atoms with van der Waals surface area (Å²) in [4.78, 5) is 15.1. The van der Waals surface area contributed by atoms with Gasteiger partial charge >= 0.3 is 0 Å². The fraction of sp³-hybridized carbons (Fsp3) is 0.387. The fourth-order valence-electron chi connectivity index (χ4n) is 5.70. The van der Waals surface area contributed by atoms with Gasteiger partial charge in [-0.25, -0.2) is 0 Å². The molecule has 2 aliphatic heterocycles. The van der Waals surface area contributed by atoms with Gasteiger partial charge in [0.1, 0.15) is 24.4 Å². The van der Waals surface area contributed by atoms with Crippen LogP contribution in [-0.4, -0.2) is 68.6 Å². The van der Waals surface area contributed by atoms with Crippen LogP contribution in [0.3, 0.4) is 0 Å². The third-order valence-corrected chi connectivity index (χ3v) is 7.93. The zero-order valence-corrected chi connectivity index (χ0v) is 21.5. The summed E-state index contributed by atoms with van der Waals surface area (Å²) in [6.07, 6.45) is -5.18. The van der Waals surface area contributed by atoms with Gasteiger partial charge in [0.15, 0.2) is 0 Å². The molecule has 0 spiro atoms.